The molecule has 0 amide bonds. The Hall–Kier alpha value is -2.67. The molecule has 6 nitrogen and oxygen atoms in total. The molecule has 0 bridgehead atoms. The Labute approximate surface area is 184 Å². The summed E-state index contributed by atoms with van der Waals surface area (Å²) in [5, 5.41) is 0.492. The maximum atomic E-state index is 12.6. The molecule has 1 aromatic carbocycles. The van der Waals surface area contributed by atoms with Crippen molar-refractivity contribution >= 4 is 26.5 Å². The van der Waals surface area contributed by atoms with E-state index in [1.165, 1.54) is 5.69 Å². The van der Waals surface area contributed by atoms with Crippen LogP contribution >= 0.6 is 0 Å². The maximum Gasteiger partial charge on any atom is 0.196 e. The number of rotatable bonds is 9. The molecule has 3 rings (SSSR count). The number of fused-ring (bicyclic) bond motifs is 1. The summed E-state index contributed by atoms with van der Waals surface area (Å²) in [4.78, 5) is 17.1. The third kappa shape index (κ3) is 4.98. The maximum absolute atomic E-state index is 12.6. The summed E-state index contributed by atoms with van der Waals surface area (Å²) in [5.41, 5.74) is 3.15. The summed E-state index contributed by atoms with van der Waals surface area (Å²) in [6.07, 6.45) is 0.993. The number of hydrogen-bond donors (Lipinski definition) is 0. The highest BCUT2D eigenvalue weighted by Gasteiger charge is 2.23. The Morgan fingerprint density at radius 2 is 1.87 bits per heavy atom. The molecule has 0 aliphatic carbocycles. The fraction of sp³-hybridized carbons (Fsp3) is 0.417. The predicted octanol–water partition coefficient (Wildman–Crippen LogP) is 4.61. The van der Waals surface area contributed by atoms with Gasteiger partial charge in [0.15, 0.2) is 15.6 Å². The van der Waals surface area contributed by atoms with E-state index in [4.69, 9.17) is 4.74 Å². The first-order chi connectivity index (χ1) is 14.7. The monoisotopic (exact) mass is 442 g/mol. The summed E-state index contributed by atoms with van der Waals surface area (Å²) in [6, 6.07) is 13.4. The molecule has 2 aromatic heterocycles. The first kappa shape index (κ1) is 23.0. The Morgan fingerprint density at radius 3 is 2.52 bits per heavy atom. The SMILES string of the molecule is CCC(C)c1cc2cc(OC)ccc2n1Cc1cccc(C(=O)CS(=O)(=O)C(C)C)n1. The van der Waals surface area contributed by atoms with E-state index in [2.05, 4.69) is 29.5 Å². The molecule has 31 heavy (non-hydrogen) atoms. The summed E-state index contributed by atoms with van der Waals surface area (Å²) >= 11 is 0. The first-order valence-corrected chi connectivity index (χ1v) is 12.3. The molecule has 0 aliphatic rings. The van der Waals surface area contributed by atoms with Crippen molar-refractivity contribution in [2.24, 2.45) is 0 Å². The highest BCUT2D eigenvalue weighted by Crippen LogP contribution is 2.30. The Morgan fingerprint density at radius 1 is 1.13 bits per heavy atom. The van der Waals surface area contributed by atoms with Gasteiger partial charge in [-0.1, -0.05) is 19.9 Å². The largest absolute Gasteiger partial charge is 0.497 e. The number of ketones is 1. The number of carbonyl (C=O) groups is 1. The van der Waals surface area contributed by atoms with Crippen LogP contribution in [0.2, 0.25) is 0 Å². The Balaban J connectivity index is 1.97. The predicted molar refractivity (Wildman–Crippen MR) is 124 cm³/mol. The van der Waals surface area contributed by atoms with Gasteiger partial charge in [0.05, 0.1) is 24.6 Å². The molecule has 166 valence electrons. The van der Waals surface area contributed by atoms with E-state index in [1.54, 1.807) is 33.1 Å². The second-order valence-electron chi connectivity index (χ2n) is 8.18. The number of carbonyl (C=O) groups excluding carboxylic acids is 1. The molecule has 0 fully saturated rings. The third-order valence-corrected chi connectivity index (χ3v) is 7.82. The van der Waals surface area contributed by atoms with Gasteiger partial charge < -0.3 is 9.30 Å². The Bertz CT molecular complexity index is 1200. The smallest absolute Gasteiger partial charge is 0.196 e. The lowest BCUT2D eigenvalue weighted by Gasteiger charge is -2.15. The zero-order valence-electron chi connectivity index (χ0n) is 18.8. The van der Waals surface area contributed by atoms with Gasteiger partial charge in [-0.25, -0.2) is 13.4 Å². The standard InChI is InChI=1S/C24H30N2O4S/c1-6-17(4)23-13-18-12-20(30-5)10-11-22(18)26(23)14-19-8-7-9-21(25-19)24(27)15-31(28,29)16(2)3/h7-13,16-17H,6,14-15H2,1-5H3. The number of nitrogens with zero attached hydrogens (tertiary/aromatic N) is 2. The molecule has 0 spiro atoms. The van der Waals surface area contributed by atoms with Gasteiger partial charge in [0.2, 0.25) is 0 Å². The van der Waals surface area contributed by atoms with Crippen LogP contribution in [0.15, 0.2) is 42.5 Å². The molecule has 0 aliphatic heterocycles. The van der Waals surface area contributed by atoms with E-state index in [0.29, 0.717) is 18.2 Å². The van der Waals surface area contributed by atoms with E-state index in [9.17, 15) is 13.2 Å². The van der Waals surface area contributed by atoms with Crippen molar-refractivity contribution in [1.82, 2.24) is 9.55 Å². The van der Waals surface area contributed by atoms with Gasteiger partial charge in [-0.05, 0) is 62.6 Å². The molecular weight excluding hydrogens is 412 g/mol. The van der Waals surface area contributed by atoms with Gasteiger partial charge in [0.1, 0.15) is 17.2 Å². The van der Waals surface area contributed by atoms with Crippen LogP contribution in [0, 0.1) is 0 Å². The molecule has 0 radical (unpaired) electrons. The van der Waals surface area contributed by atoms with E-state index in [0.717, 1.165) is 23.1 Å². The summed E-state index contributed by atoms with van der Waals surface area (Å²) in [7, 11) is -1.82. The average Bonchev–Trinajstić information content (AvgIpc) is 3.10. The molecule has 0 saturated carbocycles. The van der Waals surface area contributed by atoms with Gasteiger partial charge in [0, 0.05) is 16.6 Å². The average molecular weight is 443 g/mol. The molecule has 1 unspecified atom stereocenters. The van der Waals surface area contributed by atoms with Crippen molar-refractivity contribution in [2.45, 2.75) is 51.8 Å². The quantitative estimate of drug-likeness (QED) is 0.452. The second kappa shape index (κ2) is 9.22. The minimum Gasteiger partial charge on any atom is -0.497 e. The van der Waals surface area contributed by atoms with Crippen molar-refractivity contribution in [2.75, 3.05) is 12.9 Å². The third-order valence-electron chi connectivity index (χ3n) is 5.72. The van der Waals surface area contributed by atoms with Gasteiger partial charge in [-0.3, -0.25) is 4.79 Å². The lowest BCUT2D eigenvalue weighted by atomic mass is 10.0. The fourth-order valence-electron chi connectivity index (χ4n) is 3.50. The van der Waals surface area contributed by atoms with E-state index < -0.39 is 26.6 Å². The van der Waals surface area contributed by atoms with E-state index >= 15 is 0 Å². The van der Waals surface area contributed by atoms with Crippen LogP contribution < -0.4 is 4.74 Å². The van der Waals surface area contributed by atoms with Crippen molar-refractivity contribution < 1.29 is 17.9 Å². The minimum atomic E-state index is -3.47. The summed E-state index contributed by atoms with van der Waals surface area (Å²) in [6.45, 7) is 7.99. The number of pyridine rings is 1. The number of hydrogen-bond acceptors (Lipinski definition) is 5. The number of benzene rings is 1. The summed E-state index contributed by atoms with van der Waals surface area (Å²) in [5.74, 6) is 0.155. The van der Waals surface area contributed by atoms with Gasteiger partial charge in [0.25, 0.3) is 0 Å². The van der Waals surface area contributed by atoms with Crippen molar-refractivity contribution in [1.29, 1.82) is 0 Å². The molecule has 3 aromatic rings. The van der Waals surface area contributed by atoms with Crippen LogP contribution in [0.25, 0.3) is 10.9 Å². The van der Waals surface area contributed by atoms with Crippen molar-refractivity contribution in [3.8, 4) is 5.75 Å². The molecule has 2 heterocycles. The molecule has 0 N–H and O–H groups in total. The molecule has 7 heteroatoms. The van der Waals surface area contributed by atoms with Gasteiger partial charge in [-0.15, -0.1) is 0 Å². The highest BCUT2D eigenvalue weighted by molar-refractivity contribution is 7.92. The second-order valence-corrected chi connectivity index (χ2v) is 10.7. The lowest BCUT2D eigenvalue weighted by Crippen LogP contribution is -2.24. The van der Waals surface area contributed by atoms with Crippen LogP contribution in [0.3, 0.4) is 0 Å². The number of aromatic nitrogens is 2. The van der Waals surface area contributed by atoms with Gasteiger partial charge >= 0.3 is 0 Å². The van der Waals surface area contributed by atoms with Crippen LogP contribution in [0.1, 0.15) is 61.9 Å². The minimum absolute atomic E-state index is 0.185. The van der Waals surface area contributed by atoms with Crippen molar-refractivity contribution in [3.63, 3.8) is 0 Å². The molecular formula is C24H30N2O4S. The Kier molecular flexibility index (Phi) is 6.84. The zero-order valence-corrected chi connectivity index (χ0v) is 19.6. The van der Waals surface area contributed by atoms with Crippen LogP contribution in [-0.4, -0.2) is 41.9 Å². The normalized spacial score (nSPS) is 13.0. The van der Waals surface area contributed by atoms with Gasteiger partial charge in [-0.2, -0.15) is 0 Å². The van der Waals surface area contributed by atoms with Crippen LogP contribution in [0.4, 0.5) is 0 Å². The highest BCUT2D eigenvalue weighted by atomic mass is 32.2. The zero-order chi connectivity index (χ0) is 22.8. The number of Topliss-reactive ketones (excluding diaryl/α,β-unsaturated/α-hetero) is 1. The molecule has 1 atom stereocenters. The van der Waals surface area contributed by atoms with Crippen molar-refractivity contribution in [3.05, 3.63) is 59.5 Å². The van der Waals surface area contributed by atoms with Crippen LogP contribution in [-0.2, 0) is 16.4 Å². The summed E-state index contributed by atoms with van der Waals surface area (Å²) < 4.78 is 31.9. The first-order valence-electron chi connectivity index (χ1n) is 10.5. The molecule has 0 saturated heterocycles. The fourth-order valence-corrected chi connectivity index (χ4v) is 4.35. The number of ether oxygens (including phenoxy) is 1. The number of sulfone groups is 1. The van der Waals surface area contributed by atoms with E-state index in [1.807, 2.05) is 24.3 Å². The number of methoxy groups -OCH3 is 1. The van der Waals surface area contributed by atoms with E-state index in [-0.39, 0.29) is 5.69 Å². The van der Waals surface area contributed by atoms with Crippen LogP contribution in [0.5, 0.6) is 5.75 Å². The topological polar surface area (TPSA) is 78.3 Å². The lowest BCUT2D eigenvalue weighted by molar-refractivity contribution is 0.101.